The van der Waals surface area contributed by atoms with Crippen molar-refractivity contribution in [2.45, 2.75) is 41.2 Å². The second-order valence-corrected chi connectivity index (χ2v) is 7.27. The van der Waals surface area contributed by atoms with Crippen LogP contribution in [0, 0.1) is 11.8 Å². The molecule has 0 fully saturated rings. The molecule has 0 aliphatic heterocycles. The first-order chi connectivity index (χ1) is 12.2. The van der Waals surface area contributed by atoms with Crippen molar-refractivity contribution in [2.24, 2.45) is 11.8 Å². The van der Waals surface area contributed by atoms with E-state index in [1.165, 1.54) is 6.92 Å². The van der Waals surface area contributed by atoms with Crippen LogP contribution in [0.15, 0.2) is 24.3 Å². The summed E-state index contributed by atoms with van der Waals surface area (Å²) < 4.78 is 5.17. The van der Waals surface area contributed by atoms with E-state index < -0.39 is 5.97 Å². The SMILES string of the molecule is CC(=O)NCc1ccc(C(=O)OCC(=O)N(CC(C)C)CC(C)C)cc1. The predicted molar refractivity (Wildman–Crippen MR) is 101 cm³/mol. The number of ether oxygens (including phenoxy) is 1. The Morgan fingerprint density at radius 3 is 2.00 bits per heavy atom. The predicted octanol–water partition coefficient (Wildman–Crippen LogP) is 2.62. The van der Waals surface area contributed by atoms with Crippen LogP contribution in [-0.4, -0.2) is 42.4 Å². The van der Waals surface area contributed by atoms with Crippen LogP contribution < -0.4 is 5.32 Å². The summed E-state index contributed by atoms with van der Waals surface area (Å²) in [5, 5.41) is 2.69. The van der Waals surface area contributed by atoms with Crippen molar-refractivity contribution in [1.82, 2.24) is 10.2 Å². The Labute approximate surface area is 155 Å². The summed E-state index contributed by atoms with van der Waals surface area (Å²) in [4.78, 5) is 37.2. The van der Waals surface area contributed by atoms with Crippen molar-refractivity contribution in [3.63, 3.8) is 0 Å². The molecule has 0 aromatic heterocycles. The maximum Gasteiger partial charge on any atom is 0.338 e. The molecule has 6 nitrogen and oxygen atoms in total. The molecule has 2 amide bonds. The Balaban J connectivity index is 2.58. The minimum atomic E-state index is -0.529. The fraction of sp³-hybridized carbons (Fsp3) is 0.550. The number of hydrogen-bond acceptors (Lipinski definition) is 4. The average Bonchev–Trinajstić information content (AvgIpc) is 2.56. The standard InChI is InChI=1S/C20H30N2O4/c1-14(2)11-22(12-15(3)4)19(24)13-26-20(25)18-8-6-17(7-9-18)10-21-16(5)23/h6-9,14-15H,10-13H2,1-5H3,(H,21,23). The Morgan fingerprint density at radius 2 is 1.54 bits per heavy atom. The number of hydrogen-bond donors (Lipinski definition) is 1. The van der Waals surface area contributed by atoms with Crippen LogP contribution >= 0.6 is 0 Å². The Kier molecular flexibility index (Phi) is 8.82. The van der Waals surface area contributed by atoms with Gasteiger partial charge in [0.1, 0.15) is 0 Å². The van der Waals surface area contributed by atoms with Crippen molar-refractivity contribution >= 4 is 17.8 Å². The molecule has 1 rings (SSSR count). The second-order valence-electron chi connectivity index (χ2n) is 7.27. The monoisotopic (exact) mass is 362 g/mol. The molecule has 0 unspecified atom stereocenters. The number of benzene rings is 1. The summed E-state index contributed by atoms with van der Waals surface area (Å²) in [6.45, 7) is 11.1. The molecule has 0 saturated carbocycles. The molecule has 0 spiro atoms. The maximum absolute atomic E-state index is 12.4. The van der Waals surface area contributed by atoms with E-state index in [0.29, 0.717) is 37.0 Å². The van der Waals surface area contributed by atoms with Gasteiger partial charge in [-0.1, -0.05) is 39.8 Å². The molecule has 0 radical (unpaired) electrons. The van der Waals surface area contributed by atoms with Crippen LogP contribution in [0.2, 0.25) is 0 Å². The fourth-order valence-electron chi connectivity index (χ4n) is 2.45. The largest absolute Gasteiger partial charge is 0.452 e. The fourth-order valence-corrected chi connectivity index (χ4v) is 2.45. The molecule has 0 atom stereocenters. The molecular formula is C20H30N2O4. The quantitative estimate of drug-likeness (QED) is 0.685. The summed E-state index contributed by atoms with van der Waals surface area (Å²) in [5.74, 6) is -0.116. The van der Waals surface area contributed by atoms with Gasteiger partial charge in [0.25, 0.3) is 5.91 Å². The minimum absolute atomic E-state index is 0.112. The molecule has 26 heavy (non-hydrogen) atoms. The van der Waals surface area contributed by atoms with E-state index in [1.54, 1.807) is 29.2 Å². The zero-order chi connectivity index (χ0) is 19.7. The smallest absolute Gasteiger partial charge is 0.338 e. The molecule has 0 saturated heterocycles. The highest BCUT2D eigenvalue weighted by molar-refractivity contribution is 5.91. The van der Waals surface area contributed by atoms with Crippen molar-refractivity contribution < 1.29 is 19.1 Å². The summed E-state index contributed by atoms with van der Waals surface area (Å²) >= 11 is 0. The molecule has 0 bridgehead atoms. The summed E-state index contributed by atoms with van der Waals surface area (Å²) in [5.41, 5.74) is 1.26. The lowest BCUT2D eigenvalue weighted by Crippen LogP contribution is -2.39. The third-order valence-electron chi connectivity index (χ3n) is 3.58. The van der Waals surface area contributed by atoms with E-state index in [2.05, 4.69) is 33.0 Å². The summed E-state index contributed by atoms with van der Waals surface area (Å²) in [6.07, 6.45) is 0. The topological polar surface area (TPSA) is 75.7 Å². The number of amides is 2. The number of nitrogens with one attached hydrogen (secondary N) is 1. The highest BCUT2D eigenvalue weighted by Crippen LogP contribution is 2.08. The highest BCUT2D eigenvalue weighted by Gasteiger charge is 2.18. The number of esters is 1. The molecule has 0 heterocycles. The lowest BCUT2D eigenvalue weighted by atomic mass is 10.1. The molecule has 1 N–H and O–H groups in total. The zero-order valence-corrected chi connectivity index (χ0v) is 16.4. The molecular weight excluding hydrogens is 332 g/mol. The third-order valence-corrected chi connectivity index (χ3v) is 3.58. The maximum atomic E-state index is 12.4. The van der Waals surface area contributed by atoms with Crippen LogP contribution in [0.4, 0.5) is 0 Å². The van der Waals surface area contributed by atoms with E-state index in [4.69, 9.17) is 4.74 Å². The van der Waals surface area contributed by atoms with Gasteiger partial charge >= 0.3 is 5.97 Å². The Morgan fingerprint density at radius 1 is 1.00 bits per heavy atom. The van der Waals surface area contributed by atoms with Crippen LogP contribution in [-0.2, 0) is 20.9 Å². The van der Waals surface area contributed by atoms with Gasteiger partial charge in [0.15, 0.2) is 6.61 Å². The third kappa shape index (κ3) is 8.14. The van der Waals surface area contributed by atoms with Gasteiger partial charge < -0.3 is 15.0 Å². The van der Waals surface area contributed by atoms with Crippen molar-refractivity contribution in [3.8, 4) is 0 Å². The van der Waals surface area contributed by atoms with Gasteiger partial charge in [0.2, 0.25) is 5.91 Å². The first kappa shape index (κ1) is 21.7. The van der Waals surface area contributed by atoms with Crippen LogP contribution in [0.1, 0.15) is 50.5 Å². The van der Waals surface area contributed by atoms with Crippen molar-refractivity contribution in [1.29, 1.82) is 0 Å². The van der Waals surface area contributed by atoms with Gasteiger partial charge in [-0.2, -0.15) is 0 Å². The van der Waals surface area contributed by atoms with E-state index in [9.17, 15) is 14.4 Å². The van der Waals surface area contributed by atoms with E-state index in [0.717, 1.165) is 5.56 Å². The first-order valence-electron chi connectivity index (χ1n) is 8.97. The molecule has 144 valence electrons. The lowest BCUT2D eigenvalue weighted by molar-refractivity contribution is -0.135. The van der Waals surface area contributed by atoms with Crippen molar-refractivity contribution in [2.75, 3.05) is 19.7 Å². The number of carbonyl (C=O) groups excluding carboxylic acids is 3. The molecule has 0 aliphatic rings. The van der Waals surface area contributed by atoms with Gasteiger partial charge in [0.05, 0.1) is 5.56 Å². The van der Waals surface area contributed by atoms with Gasteiger partial charge in [-0.05, 0) is 29.5 Å². The van der Waals surface area contributed by atoms with Crippen LogP contribution in [0.25, 0.3) is 0 Å². The van der Waals surface area contributed by atoms with Gasteiger partial charge in [-0.3, -0.25) is 9.59 Å². The van der Waals surface area contributed by atoms with Gasteiger partial charge in [0, 0.05) is 26.6 Å². The molecule has 6 heteroatoms. The normalized spacial score (nSPS) is 10.7. The first-order valence-corrected chi connectivity index (χ1v) is 8.97. The highest BCUT2D eigenvalue weighted by atomic mass is 16.5. The lowest BCUT2D eigenvalue weighted by Gasteiger charge is -2.26. The molecule has 1 aromatic carbocycles. The number of rotatable bonds is 9. The minimum Gasteiger partial charge on any atom is -0.452 e. The average molecular weight is 362 g/mol. The number of carbonyl (C=O) groups is 3. The van der Waals surface area contributed by atoms with Crippen molar-refractivity contribution in [3.05, 3.63) is 35.4 Å². The summed E-state index contributed by atoms with van der Waals surface area (Å²) in [6, 6.07) is 6.75. The van der Waals surface area contributed by atoms with E-state index in [-0.39, 0.29) is 18.4 Å². The molecule has 0 aliphatic carbocycles. The zero-order valence-electron chi connectivity index (χ0n) is 16.4. The van der Waals surface area contributed by atoms with Crippen LogP contribution in [0.5, 0.6) is 0 Å². The number of nitrogens with zero attached hydrogens (tertiary/aromatic N) is 1. The van der Waals surface area contributed by atoms with Gasteiger partial charge in [-0.25, -0.2) is 4.79 Å². The Bertz CT molecular complexity index is 599. The van der Waals surface area contributed by atoms with E-state index >= 15 is 0 Å². The van der Waals surface area contributed by atoms with E-state index in [1.807, 2.05) is 0 Å². The Hall–Kier alpha value is -2.37. The summed E-state index contributed by atoms with van der Waals surface area (Å²) in [7, 11) is 0. The van der Waals surface area contributed by atoms with Gasteiger partial charge in [-0.15, -0.1) is 0 Å². The second kappa shape index (κ2) is 10.6. The molecule has 1 aromatic rings. The van der Waals surface area contributed by atoms with Crippen LogP contribution in [0.3, 0.4) is 0 Å².